The van der Waals surface area contributed by atoms with Crippen LogP contribution in [-0.4, -0.2) is 17.8 Å². The van der Waals surface area contributed by atoms with E-state index >= 15 is 0 Å². The van der Waals surface area contributed by atoms with Gasteiger partial charge in [0.05, 0.1) is 6.10 Å². The first-order chi connectivity index (χ1) is 5.30. The van der Waals surface area contributed by atoms with Crippen molar-refractivity contribution in [1.29, 1.82) is 0 Å². The van der Waals surface area contributed by atoms with E-state index in [1.165, 1.54) is 0 Å². The van der Waals surface area contributed by atoms with Gasteiger partial charge in [0.1, 0.15) is 0 Å². The van der Waals surface area contributed by atoms with Gasteiger partial charge < -0.3 is 10.8 Å². The van der Waals surface area contributed by atoms with E-state index in [0.29, 0.717) is 6.54 Å². The van der Waals surface area contributed by atoms with E-state index < -0.39 is 0 Å². The minimum atomic E-state index is -0.282. The molecule has 0 aliphatic heterocycles. The maximum absolute atomic E-state index is 9.84. The standard InChI is InChI=1S/C10H23NO/c1-7(6-11)9(12)8(2)10(3,4)5/h7-9,12H,6,11H2,1-5H3. The summed E-state index contributed by atoms with van der Waals surface area (Å²) in [6.45, 7) is 11.1. The van der Waals surface area contributed by atoms with Crippen LogP contribution in [0.3, 0.4) is 0 Å². The van der Waals surface area contributed by atoms with Crippen LogP contribution >= 0.6 is 0 Å². The third kappa shape index (κ3) is 3.11. The predicted octanol–water partition coefficient (Wildman–Crippen LogP) is 1.62. The molecule has 3 unspecified atom stereocenters. The molecule has 0 aliphatic carbocycles. The molecule has 2 nitrogen and oxygen atoms in total. The molecule has 3 atom stereocenters. The monoisotopic (exact) mass is 173 g/mol. The van der Waals surface area contributed by atoms with Crippen molar-refractivity contribution in [3.8, 4) is 0 Å². The van der Waals surface area contributed by atoms with Crippen LogP contribution in [0.25, 0.3) is 0 Å². The van der Waals surface area contributed by atoms with Crippen molar-refractivity contribution in [2.75, 3.05) is 6.54 Å². The minimum Gasteiger partial charge on any atom is -0.393 e. The van der Waals surface area contributed by atoms with Crippen molar-refractivity contribution in [2.45, 2.75) is 40.7 Å². The first kappa shape index (κ1) is 11.9. The van der Waals surface area contributed by atoms with Crippen LogP contribution in [0.5, 0.6) is 0 Å². The highest BCUT2D eigenvalue weighted by Gasteiger charge is 2.29. The molecule has 0 rings (SSSR count). The molecule has 0 heterocycles. The van der Waals surface area contributed by atoms with Crippen LogP contribution < -0.4 is 5.73 Å². The molecule has 3 N–H and O–H groups in total. The van der Waals surface area contributed by atoms with Crippen molar-refractivity contribution in [3.63, 3.8) is 0 Å². The quantitative estimate of drug-likeness (QED) is 0.681. The van der Waals surface area contributed by atoms with Gasteiger partial charge in [-0.3, -0.25) is 0 Å². The molecule has 0 saturated heterocycles. The molecule has 0 amide bonds. The van der Waals surface area contributed by atoms with E-state index in [0.717, 1.165) is 0 Å². The van der Waals surface area contributed by atoms with Gasteiger partial charge in [0.15, 0.2) is 0 Å². The van der Waals surface area contributed by atoms with Crippen molar-refractivity contribution in [3.05, 3.63) is 0 Å². The molecule has 2 heteroatoms. The maximum atomic E-state index is 9.84. The maximum Gasteiger partial charge on any atom is 0.0608 e. The number of nitrogens with two attached hydrogens (primary N) is 1. The fourth-order valence-electron chi connectivity index (χ4n) is 1.14. The first-order valence-corrected chi connectivity index (χ1v) is 4.68. The average molecular weight is 173 g/mol. The highest BCUT2D eigenvalue weighted by molar-refractivity contribution is 4.80. The van der Waals surface area contributed by atoms with Crippen molar-refractivity contribution >= 4 is 0 Å². The fourth-order valence-corrected chi connectivity index (χ4v) is 1.14. The van der Waals surface area contributed by atoms with Crippen molar-refractivity contribution < 1.29 is 5.11 Å². The van der Waals surface area contributed by atoms with Gasteiger partial charge in [-0.15, -0.1) is 0 Å². The smallest absolute Gasteiger partial charge is 0.0608 e. The molecule has 0 aromatic carbocycles. The van der Waals surface area contributed by atoms with Gasteiger partial charge in [0.25, 0.3) is 0 Å². The van der Waals surface area contributed by atoms with E-state index in [1.807, 2.05) is 6.92 Å². The summed E-state index contributed by atoms with van der Waals surface area (Å²) >= 11 is 0. The van der Waals surface area contributed by atoms with Crippen LogP contribution in [0.2, 0.25) is 0 Å². The molecule has 0 fully saturated rings. The van der Waals surface area contributed by atoms with E-state index in [-0.39, 0.29) is 23.4 Å². The van der Waals surface area contributed by atoms with Gasteiger partial charge in [-0.2, -0.15) is 0 Å². The average Bonchev–Trinajstić information content (AvgIpc) is 1.98. The topological polar surface area (TPSA) is 46.2 Å². The molecule has 0 aliphatic rings. The van der Waals surface area contributed by atoms with Crippen LogP contribution in [-0.2, 0) is 0 Å². The molecule has 0 aromatic rings. The summed E-state index contributed by atoms with van der Waals surface area (Å²) in [5, 5.41) is 9.84. The van der Waals surface area contributed by atoms with Crippen LogP contribution in [0.1, 0.15) is 34.6 Å². The number of aliphatic hydroxyl groups is 1. The Kier molecular flexibility index (Phi) is 4.21. The second kappa shape index (κ2) is 4.24. The van der Waals surface area contributed by atoms with Gasteiger partial charge in [-0.25, -0.2) is 0 Å². The summed E-state index contributed by atoms with van der Waals surface area (Å²) in [7, 11) is 0. The largest absolute Gasteiger partial charge is 0.393 e. The molecule has 0 aromatic heterocycles. The first-order valence-electron chi connectivity index (χ1n) is 4.68. The second-order valence-corrected chi connectivity index (χ2v) is 4.86. The van der Waals surface area contributed by atoms with Crippen LogP contribution in [0.15, 0.2) is 0 Å². The zero-order valence-electron chi connectivity index (χ0n) is 8.96. The Labute approximate surface area is 76.2 Å². The Morgan fingerprint density at radius 2 is 1.67 bits per heavy atom. The molecule has 12 heavy (non-hydrogen) atoms. The number of aliphatic hydroxyl groups excluding tert-OH is 1. The molecule has 0 bridgehead atoms. The summed E-state index contributed by atoms with van der Waals surface area (Å²) in [6.07, 6.45) is -0.282. The summed E-state index contributed by atoms with van der Waals surface area (Å²) in [5.74, 6) is 0.482. The highest BCUT2D eigenvalue weighted by Crippen LogP contribution is 2.30. The van der Waals surface area contributed by atoms with Crippen molar-refractivity contribution in [2.24, 2.45) is 23.0 Å². The van der Waals surface area contributed by atoms with E-state index in [4.69, 9.17) is 5.73 Å². The Bertz CT molecular complexity index is 128. The van der Waals surface area contributed by atoms with E-state index in [1.54, 1.807) is 0 Å². The van der Waals surface area contributed by atoms with Gasteiger partial charge in [-0.1, -0.05) is 34.6 Å². The molecular formula is C10H23NO. The minimum absolute atomic E-state index is 0.156. The third-order valence-electron chi connectivity index (χ3n) is 2.83. The molecule has 74 valence electrons. The fraction of sp³-hybridized carbons (Fsp3) is 1.00. The Hall–Kier alpha value is -0.0800. The van der Waals surface area contributed by atoms with Gasteiger partial charge in [-0.05, 0) is 23.8 Å². The van der Waals surface area contributed by atoms with Gasteiger partial charge in [0.2, 0.25) is 0 Å². The van der Waals surface area contributed by atoms with Crippen LogP contribution in [0.4, 0.5) is 0 Å². The normalized spacial score (nSPS) is 20.2. The lowest BCUT2D eigenvalue weighted by Crippen LogP contribution is -2.37. The number of hydrogen-bond donors (Lipinski definition) is 2. The summed E-state index contributed by atoms with van der Waals surface area (Å²) in [5.41, 5.74) is 5.65. The number of rotatable bonds is 3. The molecular weight excluding hydrogens is 150 g/mol. The SMILES string of the molecule is CC(CN)C(O)C(C)C(C)(C)C. The molecule has 0 radical (unpaired) electrons. The van der Waals surface area contributed by atoms with Gasteiger partial charge >= 0.3 is 0 Å². The molecule has 0 saturated carbocycles. The second-order valence-electron chi connectivity index (χ2n) is 4.86. The lowest BCUT2D eigenvalue weighted by molar-refractivity contribution is 0.0178. The van der Waals surface area contributed by atoms with E-state index in [2.05, 4.69) is 27.7 Å². The Balaban J connectivity index is 4.19. The number of hydrogen-bond acceptors (Lipinski definition) is 2. The highest BCUT2D eigenvalue weighted by atomic mass is 16.3. The van der Waals surface area contributed by atoms with E-state index in [9.17, 15) is 5.11 Å². The Morgan fingerprint density at radius 3 is 1.92 bits per heavy atom. The lowest BCUT2D eigenvalue weighted by atomic mass is 9.75. The zero-order chi connectivity index (χ0) is 9.94. The van der Waals surface area contributed by atoms with Gasteiger partial charge in [0, 0.05) is 0 Å². The van der Waals surface area contributed by atoms with Crippen molar-refractivity contribution in [1.82, 2.24) is 0 Å². The Morgan fingerprint density at radius 1 is 1.25 bits per heavy atom. The summed E-state index contributed by atoms with van der Waals surface area (Å²) in [6, 6.07) is 0. The summed E-state index contributed by atoms with van der Waals surface area (Å²) in [4.78, 5) is 0. The lowest BCUT2D eigenvalue weighted by Gasteiger charge is -2.34. The summed E-state index contributed by atoms with van der Waals surface area (Å²) < 4.78 is 0. The van der Waals surface area contributed by atoms with Crippen LogP contribution in [0, 0.1) is 17.3 Å². The molecule has 0 spiro atoms. The zero-order valence-corrected chi connectivity index (χ0v) is 8.96. The third-order valence-corrected chi connectivity index (χ3v) is 2.83. The predicted molar refractivity (Wildman–Crippen MR) is 52.8 cm³/mol.